The highest BCUT2D eigenvalue weighted by atomic mass is 35.5. The van der Waals surface area contributed by atoms with Crippen LogP contribution in [-0.2, 0) is 0 Å². The van der Waals surface area contributed by atoms with Gasteiger partial charge in [-0.25, -0.2) is 9.97 Å². The van der Waals surface area contributed by atoms with Crippen molar-refractivity contribution in [1.82, 2.24) is 9.97 Å². The standard InChI is InChI=1S/C20H22ClN5O2/c1-11-5-6-14(12(2)7-11)25-19-18(22)20(24-10-23-19)26-15-8-13(21)16(27-3)9-17(15)28-4/h5-10H,22H2,1-4H3,(H2,23,24,25,26). The zero-order valence-electron chi connectivity index (χ0n) is 16.1. The molecular weight excluding hydrogens is 378 g/mol. The van der Waals surface area contributed by atoms with Crippen LogP contribution in [0.2, 0.25) is 5.02 Å². The summed E-state index contributed by atoms with van der Waals surface area (Å²) in [4.78, 5) is 8.51. The average Bonchev–Trinajstić information content (AvgIpc) is 2.67. The Morgan fingerprint density at radius 1 is 0.893 bits per heavy atom. The Hall–Kier alpha value is -3.19. The zero-order chi connectivity index (χ0) is 20.3. The first-order valence-electron chi connectivity index (χ1n) is 8.56. The maximum Gasteiger partial charge on any atom is 0.159 e. The molecule has 0 saturated heterocycles. The monoisotopic (exact) mass is 399 g/mol. The molecular formula is C20H22ClN5O2. The molecule has 0 fully saturated rings. The molecule has 0 unspecified atom stereocenters. The van der Waals surface area contributed by atoms with Crippen molar-refractivity contribution in [3.05, 3.63) is 52.8 Å². The van der Waals surface area contributed by atoms with E-state index in [-0.39, 0.29) is 0 Å². The van der Waals surface area contributed by atoms with Gasteiger partial charge in [-0.1, -0.05) is 29.3 Å². The molecule has 0 aliphatic rings. The van der Waals surface area contributed by atoms with Gasteiger partial charge in [0.05, 0.1) is 24.9 Å². The number of anilines is 5. The van der Waals surface area contributed by atoms with Crippen LogP contribution in [0.5, 0.6) is 11.5 Å². The second-order valence-corrected chi connectivity index (χ2v) is 6.65. The SMILES string of the molecule is COc1cc(OC)c(Nc2ncnc(Nc3ccc(C)cc3C)c2N)cc1Cl. The van der Waals surface area contributed by atoms with E-state index in [2.05, 4.69) is 26.7 Å². The van der Waals surface area contributed by atoms with Crippen molar-refractivity contribution in [3.63, 3.8) is 0 Å². The summed E-state index contributed by atoms with van der Waals surface area (Å²) in [7, 11) is 3.10. The molecule has 2 aromatic carbocycles. The molecule has 8 heteroatoms. The number of nitrogens with zero attached hydrogens (tertiary/aromatic N) is 2. The highest BCUT2D eigenvalue weighted by Gasteiger charge is 2.14. The number of aromatic nitrogens is 2. The number of ether oxygens (including phenoxy) is 2. The van der Waals surface area contributed by atoms with Crippen LogP contribution in [0.25, 0.3) is 0 Å². The largest absolute Gasteiger partial charge is 0.495 e. The van der Waals surface area contributed by atoms with Crippen molar-refractivity contribution in [1.29, 1.82) is 0 Å². The predicted octanol–water partition coefficient (Wildman–Crippen LogP) is 4.83. The minimum atomic E-state index is 0.372. The van der Waals surface area contributed by atoms with Crippen molar-refractivity contribution >= 4 is 40.3 Å². The molecule has 0 saturated carbocycles. The second kappa shape index (κ2) is 8.22. The predicted molar refractivity (Wildman–Crippen MR) is 113 cm³/mol. The lowest BCUT2D eigenvalue weighted by Gasteiger charge is -2.16. The normalized spacial score (nSPS) is 10.5. The maximum absolute atomic E-state index is 6.30. The molecule has 146 valence electrons. The van der Waals surface area contributed by atoms with Gasteiger partial charge in [-0.3, -0.25) is 0 Å². The molecule has 0 aliphatic carbocycles. The van der Waals surface area contributed by atoms with E-state index in [9.17, 15) is 0 Å². The number of nitrogen functional groups attached to an aromatic ring is 1. The fourth-order valence-corrected chi connectivity index (χ4v) is 3.00. The third-order valence-corrected chi connectivity index (χ3v) is 4.54. The summed E-state index contributed by atoms with van der Waals surface area (Å²) < 4.78 is 10.6. The van der Waals surface area contributed by atoms with Crippen LogP contribution in [0, 0.1) is 13.8 Å². The van der Waals surface area contributed by atoms with E-state index in [1.807, 2.05) is 26.0 Å². The number of rotatable bonds is 6. The smallest absolute Gasteiger partial charge is 0.159 e. The molecule has 28 heavy (non-hydrogen) atoms. The highest BCUT2D eigenvalue weighted by Crippen LogP contribution is 2.38. The molecule has 4 N–H and O–H groups in total. The van der Waals surface area contributed by atoms with Gasteiger partial charge in [-0.05, 0) is 31.5 Å². The molecule has 3 rings (SSSR count). The quantitative estimate of drug-likeness (QED) is 0.546. The number of hydrogen-bond acceptors (Lipinski definition) is 7. The first-order valence-corrected chi connectivity index (χ1v) is 8.94. The summed E-state index contributed by atoms with van der Waals surface area (Å²) in [6.07, 6.45) is 1.43. The molecule has 0 atom stereocenters. The minimum absolute atomic E-state index is 0.372. The first kappa shape index (κ1) is 19.6. The minimum Gasteiger partial charge on any atom is -0.495 e. The summed E-state index contributed by atoms with van der Waals surface area (Å²) in [6, 6.07) is 9.49. The summed E-state index contributed by atoms with van der Waals surface area (Å²) >= 11 is 6.24. The molecule has 0 bridgehead atoms. The molecule has 1 heterocycles. The Bertz CT molecular complexity index is 1010. The number of hydrogen-bond donors (Lipinski definition) is 3. The van der Waals surface area contributed by atoms with Crippen LogP contribution >= 0.6 is 11.6 Å². The van der Waals surface area contributed by atoms with Gasteiger partial charge in [0.2, 0.25) is 0 Å². The Morgan fingerprint density at radius 2 is 1.54 bits per heavy atom. The number of nitrogens with two attached hydrogens (primary N) is 1. The van der Waals surface area contributed by atoms with Crippen LogP contribution in [-0.4, -0.2) is 24.2 Å². The third kappa shape index (κ3) is 4.04. The van der Waals surface area contributed by atoms with Crippen molar-refractivity contribution in [3.8, 4) is 11.5 Å². The van der Waals surface area contributed by atoms with Gasteiger partial charge in [0.15, 0.2) is 11.6 Å². The van der Waals surface area contributed by atoms with Gasteiger partial charge in [-0.2, -0.15) is 0 Å². The van der Waals surface area contributed by atoms with Gasteiger partial charge in [0, 0.05) is 11.8 Å². The van der Waals surface area contributed by atoms with E-state index >= 15 is 0 Å². The molecule has 1 aromatic heterocycles. The maximum atomic E-state index is 6.30. The zero-order valence-corrected chi connectivity index (χ0v) is 16.9. The molecule has 3 aromatic rings. The van der Waals surface area contributed by atoms with Crippen LogP contribution in [0.3, 0.4) is 0 Å². The third-order valence-electron chi connectivity index (χ3n) is 4.25. The number of halogens is 1. The molecule has 0 radical (unpaired) electrons. The van der Waals surface area contributed by atoms with E-state index < -0.39 is 0 Å². The van der Waals surface area contributed by atoms with E-state index in [4.69, 9.17) is 26.8 Å². The van der Waals surface area contributed by atoms with Crippen molar-refractivity contribution < 1.29 is 9.47 Å². The van der Waals surface area contributed by atoms with Gasteiger partial charge in [0.25, 0.3) is 0 Å². The number of aryl methyl sites for hydroxylation is 2. The Balaban J connectivity index is 1.92. The van der Waals surface area contributed by atoms with Crippen molar-refractivity contribution in [2.75, 3.05) is 30.6 Å². The van der Waals surface area contributed by atoms with E-state index in [0.29, 0.717) is 39.5 Å². The van der Waals surface area contributed by atoms with Gasteiger partial charge in [0.1, 0.15) is 23.5 Å². The van der Waals surface area contributed by atoms with Crippen molar-refractivity contribution in [2.24, 2.45) is 0 Å². The summed E-state index contributed by atoms with van der Waals surface area (Å²) in [6.45, 7) is 4.07. The fraction of sp³-hybridized carbons (Fsp3) is 0.200. The topological polar surface area (TPSA) is 94.3 Å². The van der Waals surface area contributed by atoms with Gasteiger partial charge >= 0.3 is 0 Å². The van der Waals surface area contributed by atoms with Crippen LogP contribution < -0.4 is 25.8 Å². The molecule has 0 spiro atoms. The highest BCUT2D eigenvalue weighted by molar-refractivity contribution is 6.32. The number of methoxy groups -OCH3 is 2. The fourth-order valence-electron chi connectivity index (χ4n) is 2.76. The average molecular weight is 400 g/mol. The molecule has 0 amide bonds. The lowest BCUT2D eigenvalue weighted by molar-refractivity contribution is 0.396. The first-order chi connectivity index (χ1) is 13.4. The van der Waals surface area contributed by atoms with Crippen LogP contribution in [0.4, 0.5) is 28.7 Å². The van der Waals surface area contributed by atoms with Crippen molar-refractivity contribution in [2.45, 2.75) is 13.8 Å². The summed E-state index contributed by atoms with van der Waals surface area (Å²) in [5, 5.41) is 6.85. The summed E-state index contributed by atoms with van der Waals surface area (Å²) in [5.41, 5.74) is 10.5. The Morgan fingerprint density at radius 3 is 2.14 bits per heavy atom. The lowest BCUT2D eigenvalue weighted by atomic mass is 10.1. The summed E-state index contributed by atoms with van der Waals surface area (Å²) in [5.74, 6) is 1.99. The van der Waals surface area contributed by atoms with E-state index in [0.717, 1.165) is 11.3 Å². The molecule has 0 aliphatic heterocycles. The van der Waals surface area contributed by atoms with E-state index in [1.165, 1.54) is 11.9 Å². The Labute approximate surface area is 168 Å². The molecule has 7 nitrogen and oxygen atoms in total. The van der Waals surface area contributed by atoms with Gasteiger partial charge in [-0.15, -0.1) is 0 Å². The number of benzene rings is 2. The van der Waals surface area contributed by atoms with Crippen LogP contribution in [0.1, 0.15) is 11.1 Å². The number of nitrogens with one attached hydrogen (secondary N) is 2. The van der Waals surface area contributed by atoms with Gasteiger partial charge < -0.3 is 25.8 Å². The Kier molecular flexibility index (Phi) is 5.75. The lowest BCUT2D eigenvalue weighted by Crippen LogP contribution is -2.06. The second-order valence-electron chi connectivity index (χ2n) is 6.24. The van der Waals surface area contributed by atoms with E-state index in [1.54, 1.807) is 26.4 Å². The van der Waals surface area contributed by atoms with Crippen LogP contribution in [0.15, 0.2) is 36.7 Å².